The molecule has 0 aliphatic carbocycles. The zero-order valence-electron chi connectivity index (χ0n) is 6.62. The summed E-state index contributed by atoms with van der Waals surface area (Å²) >= 11 is 0. The monoisotopic (exact) mass is 148 g/mol. The molecule has 0 radical (unpaired) electrons. The lowest BCUT2D eigenvalue weighted by molar-refractivity contribution is 0.998. The van der Waals surface area contributed by atoms with Gasteiger partial charge in [0.05, 0.1) is 5.69 Å². The third-order valence-electron chi connectivity index (χ3n) is 1.56. The van der Waals surface area contributed by atoms with E-state index in [0.717, 1.165) is 5.69 Å². The van der Waals surface area contributed by atoms with E-state index in [1.807, 2.05) is 31.3 Å². The number of hydrogen-bond acceptors (Lipinski definition) is 1. The highest BCUT2D eigenvalue weighted by atomic mass is 15.3. The highest BCUT2D eigenvalue weighted by molar-refractivity contribution is 5.51. The molecule has 1 heterocycles. The van der Waals surface area contributed by atoms with Crippen LogP contribution in [0.3, 0.4) is 0 Å². The van der Waals surface area contributed by atoms with E-state index in [0.29, 0.717) is 0 Å². The molecule has 58 valence electrons. The van der Waals surface area contributed by atoms with Crippen LogP contribution in [0.25, 0.3) is 6.08 Å². The number of rotatable bonds is 2. The Kier molecular flexibility index (Phi) is 2.16. The highest BCUT2D eigenvalue weighted by Gasteiger charge is 1.96. The highest BCUT2D eigenvalue weighted by Crippen LogP contribution is 2.08. The summed E-state index contributed by atoms with van der Waals surface area (Å²) in [4.78, 5) is 0. The molecule has 0 spiro atoms. The van der Waals surface area contributed by atoms with E-state index >= 15 is 0 Å². The van der Waals surface area contributed by atoms with Crippen LogP contribution in [0, 0.1) is 6.92 Å². The molecule has 0 aliphatic rings. The first kappa shape index (κ1) is 7.66. The Bertz CT molecular complexity index is 262. The van der Waals surface area contributed by atoms with Gasteiger partial charge >= 0.3 is 0 Å². The van der Waals surface area contributed by atoms with Crippen LogP contribution in [0.1, 0.15) is 11.3 Å². The smallest absolute Gasteiger partial charge is 0.0646 e. The minimum Gasteiger partial charge on any atom is -0.339 e. The van der Waals surface area contributed by atoms with E-state index < -0.39 is 0 Å². The molecule has 0 amide bonds. The maximum Gasteiger partial charge on any atom is 0.0646 e. The molecule has 0 atom stereocenters. The minimum atomic E-state index is 1.02. The molecular formula is C9H12N2. The largest absolute Gasteiger partial charge is 0.339 e. The topological polar surface area (TPSA) is 30.9 Å². The second kappa shape index (κ2) is 3.10. The third kappa shape index (κ3) is 1.52. The Hall–Kier alpha value is -1.44. The van der Waals surface area contributed by atoms with Gasteiger partial charge in [-0.1, -0.05) is 18.7 Å². The van der Waals surface area contributed by atoms with Crippen LogP contribution in [0.4, 0.5) is 0 Å². The van der Waals surface area contributed by atoms with Crippen molar-refractivity contribution < 1.29 is 0 Å². The van der Waals surface area contributed by atoms with Crippen molar-refractivity contribution in [2.24, 2.45) is 0 Å². The van der Waals surface area contributed by atoms with Crippen LogP contribution in [-0.2, 0) is 0 Å². The third-order valence-corrected chi connectivity index (χ3v) is 1.56. The summed E-state index contributed by atoms with van der Waals surface area (Å²) in [5.74, 6) is 5.61. The fourth-order valence-electron chi connectivity index (χ4n) is 0.938. The summed E-state index contributed by atoms with van der Waals surface area (Å²) in [6.07, 6.45) is 7.36. The van der Waals surface area contributed by atoms with Crippen LogP contribution in [-0.4, -0.2) is 4.68 Å². The standard InChI is InChI=1S/C9H12N2/c1-3-4-5-9-8(2)6-7-11(9)10/h3-7H,1,10H2,2H3/b5-4-. The average Bonchev–Trinajstić information content (AvgIpc) is 2.29. The number of nitrogens with zero attached hydrogens (tertiary/aromatic N) is 1. The Morgan fingerprint density at radius 2 is 2.36 bits per heavy atom. The van der Waals surface area contributed by atoms with Crippen molar-refractivity contribution in [1.29, 1.82) is 0 Å². The first-order valence-electron chi connectivity index (χ1n) is 3.48. The number of nitrogen functional groups attached to an aromatic ring is 1. The Balaban J connectivity index is 3.00. The first-order chi connectivity index (χ1) is 5.25. The van der Waals surface area contributed by atoms with Gasteiger partial charge in [-0.05, 0) is 24.6 Å². The molecular weight excluding hydrogens is 136 g/mol. The van der Waals surface area contributed by atoms with E-state index in [2.05, 4.69) is 6.58 Å². The van der Waals surface area contributed by atoms with E-state index in [1.165, 1.54) is 5.56 Å². The molecule has 0 bridgehead atoms. The fraction of sp³-hybridized carbons (Fsp3) is 0.111. The lowest BCUT2D eigenvalue weighted by atomic mass is 10.2. The van der Waals surface area contributed by atoms with Gasteiger partial charge in [-0.2, -0.15) is 0 Å². The zero-order chi connectivity index (χ0) is 8.27. The van der Waals surface area contributed by atoms with Gasteiger partial charge in [-0.3, -0.25) is 4.68 Å². The summed E-state index contributed by atoms with van der Waals surface area (Å²) in [7, 11) is 0. The molecule has 0 saturated carbocycles. The van der Waals surface area contributed by atoms with Crippen molar-refractivity contribution >= 4 is 6.08 Å². The van der Waals surface area contributed by atoms with Crippen LogP contribution < -0.4 is 5.84 Å². The van der Waals surface area contributed by atoms with Crippen molar-refractivity contribution in [2.45, 2.75) is 6.92 Å². The fourth-order valence-corrected chi connectivity index (χ4v) is 0.938. The van der Waals surface area contributed by atoms with Gasteiger partial charge in [-0.25, -0.2) is 0 Å². The summed E-state index contributed by atoms with van der Waals surface area (Å²) < 4.78 is 1.59. The maximum absolute atomic E-state index is 5.61. The van der Waals surface area contributed by atoms with Gasteiger partial charge in [0.15, 0.2) is 0 Å². The lowest BCUT2D eigenvalue weighted by Gasteiger charge is -1.96. The van der Waals surface area contributed by atoms with Crippen molar-refractivity contribution in [3.05, 3.63) is 42.3 Å². The summed E-state index contributed by atoms with van der Waals surface area (Å²) in [6.45, 7) is 5.60. The van der Waals surface area contributed by atoms with Crippen LogP contribution >= 0.6 is 0 Å². The number of nitrogens with two attached hydrogens (primary N) is 1. The summed E-state index contributed by atoms with van der Waals surface area (Å²) in [6, 6.07) is 1.97. The summed E-state index contributed by atoms with van der Waals surface area (Å²) in [5.41, 5.74) is 2.19. The average molecular weight is 148 g/mol. The predicted octanol–water partition coefficient (Wildman–Crippen LogP) is 1.71. The lowest BCUT2D eigenvalue weighted by Crippen LogP contribution is -2.07. The number of hydrogen-bond donors (Lipinski definition) is 1. The molecule has 0 aromatic carbocycles. The number of aromatic nitrogens is 1. The van der Waals surface area contributed by atoms with E-state index in [4.69, 9.17) is 5.84 Å². The Labute approximate surface area is 66.6 Å². The van der Waals surface area contributed by atoms with Gasteiger partial charge in [0.2, 0.25) is 0 Å². The maximum atomic E-state index is 5.61. The van der Waals surface area contributed by atoms with Gasteiger partial charge in [-0.15, -0.1) is 0 Å². The molecule has 0 fully saturated rings. The Morgan fingerprint density at radius 1 is 1.64 bits per heavy atom. The predicted molar refractivity (Wildman–Crippen MR) is 48.6 cm³/mol. The molecule has 1 rings (SSSR count). The van der Waals surface area contributed by atoms with Crippen molar-refractivity contribution in [1.82, 2.24) is 4.68 Å². The molecule has 2 heteroatoms. The summed E-state index contributed by atoms with van der Waals surface area (Å²) in [5, 5.41) is 0. The van der Waals surface area contributed by atoms with E-state index in [1.54, 1.807) is 10.8 Å². The molecule has 1 aromatic heterocycles. The molecule has 11 heavy (non-hydrogen) atoms. The van der Waals surface area contributed by atoms with Gasteiger partial charge < -0.3 is 5.84 Å². The number of allylic oxidation sites excluding steroid dienone is 2. The normalized spacial score (nSPS) is 10.6. The molecule has 0 unspecified atom stereocenters. The van der Waals surface area contributed by atoms with Crippen LogP contribution in [0.2, 0.25) is 0 Å². The quantitative estimate of drug-likeness (QED) is 0.502. The zero-order valence-corrected chi connectivity index (χ0v) is 6.62. The van der Waals surface area contributed by atoms with Gasteiger partial charge in [0.25, 0.3) is 0 Å². The second-order valence-electron chi connectivity index (χ2n) is 2.39. The van der Waals surface area contributed by atoms with Crippen molar-refractivity contribution in [3.8, 4) is 0 Å². The van der Waals surface area contributed by atoms with Crippen molar-refractivity contribution in [2.75, 3.05) is 5.84 Å². The van der Waals surface area contributed by atoms with Crippen molar-refractivity contribution in [3.63, 3.8) is 0 Å². The second-order valence-corrected chi connectivity index (χ2v) is 2.39. The van der Waals surface area contributed by atoms with Gasteiger partial charge in [0.1, 0.15) is 0 Å². The van der Waals surface area contributed by atoms with E-state index in [9.17, 15) is 0 Å². The molecule has 2 N–H and O–H groups in total. The Morgan fingerprint density at radius 3 is 2.82 bits per heavy atom. The number of aryl methyl sites for hydroxylation is 1. The van der Waals surface area contributed by atoms with Crippen LogP contribution in [0.5, 0.6) is 0 Å². The minimum absolute atomic E-state index is 1.02. The van der Waals surface area contributed by atoms with Crippen LogP contribution in [0.15, 0.2) is 31.0 Å². The molecule has 0 aliphatic heterocycles. The molecule has 2 nitrogen and oxygen atoms in total. The SMILES string of the molecule is C=C/C=C\c1c(C)ccn1N. The first-order valence-corrected chi connectivity index (χ1v) is 3.48. The van der Waals surface area contributed by atoms with Gasteiger partial charge in [0, 0.05) is 6.20 Å². The molecule has 0 saturated heterocycles. The molecule has 1 aromatic rings. The van der Waals surface area contributed by atoms with E-state index in [-0.39, 0.29) is 0 Å².